The van der Waals surface area contributed by atoms with E-state index in [2.05, 4.69) is 19.9 Å². The number of hydrogen-bond acceptors (Lipinski definition) is 9. The molecule has 3 aromatic rings. The van der Waals surface area contributed by atoms with E-state index < -0.39 is 5.91 Å². The Morgan fingerprint density at radius 2 is 1.96 bits per heavy atom. The van der Waals surface area contributed by atoms with Gasteiger partial charge in [0.25, 0.3) is 11.8 Å². The number of benzene rings is 1. The van der Waals surface area contributed by atoms with Crippen LogP contribution in [0.2, 0.25) is 0 Å². The lowest BCUT2D eigenvalue weighted by atomic mass is 10.3. The monoisotopic (exact) mass is 383 g/mol. The Labute approximate surface area is 160 Å². The number of carbonyl (C=O) groups excluding carboxylic acids is 1. The van der Waals surface area contributed by atoms with E-state index in [0.717, 1.165) is 0 Å². The number of nitrogens with zero attached hydrogens (tertiary/aromatic N) is 4. The number of carbonyl (C=O) groups is 1. The zero-order valence-corrected chi connectivity index (χ0v) is 14.9. The summed E-state index contributed by atoms with van der Waals surface area (Å²) >= 11 is 0. The van der Waals surface area contributed by atoms with Gasteiger partial charge in [0.15, 0.2) is 23.0 Å². The van der Waals surface area contributed by atoms with Gasteiger partial charge in [0.05, 0.1) is 19.9 Å². The highest BCUT2D eigenvalue weighted by molar-refractivity contribution is 5.94. The van der Waals surface area contributed by atoms with Crippen LogP contribution >= 0.6 is 0 Å². The molecule has 0 saturated carbocycles. The van der Waals surface area contributed by atoms with Crippen LogP contribution in [0.3, 0.4) is 0 Å². The largest absolute Gasteiger partial charge is 0.493 e. The first-order valence-electron chi connectivity index (χ1n) is 8.16. The first-order valence-corrected chi connectivity index (χ1v) is 8.16. The van der Waals surface area contributed by atoms with E-state index >= 15 is 0 Å². The van der Waals surface area contributed by atoms with Crippen LogP contribution in [0.4, 0.5) is 0 Å². The van der Waals surface area contributed by atoms with Crippen LogP contribution < -0.4 is 19.9 Å². The number of para-hydroxylation sites is 2. The average Bonchev–Trinajstić information content (AvgIpc) is 2.73. The maximum absolute atomic E-state index is 12.1. The number of methoxy groups -OCH3 is 1. The number of ether oxygens (including phenoxy) is 3. The van der Waals surface area contributed by atoms with Crippen LogP contribution in [-0.2, 0) is 0 Å². The van der Waals surface area contributed by atoms with Crippen molar-refractivity contribution in [1.82, 2.24) is 19.9 Å². The molecule has 1 amide bonds. The average molecular weight is 383 g/mol. The zero-order valence-electron chi connectivity index (χ0n) is 14.9. The highest BCUT2D eigenvalue weighted by Gasteiger charge is 2.24. The molecule has 10 nitrogen and oxygen atoms in total. The molecule has 2 aromatic heterocycles. The van der Waals surface area contributed by atoms with Gasteiger partial charge in [0, 0.05) is 12.4 Å². The molecule has 28 heavy (non-hydrogen) atoms. The summed E-state index contributed by atoms with van der Waals surface area (Å²) in [7, 11) is 1.48. The van der Waals surface area contributed by atoms with E-state index in [9.17, 15) is 4.79 Å². The van der Waals surface area contributed by atoms with Crippen LogP contribution in [-0.4, -0.2) is 51.3 Å². The van der Waals surface area contributed by atoms with Gasteiger partial charge in [-0.25, -0.2) is 9.97 Å². The lowest BCUT2D eigenvalue weighted by molar-refractivity contribution is 0.0991. The Morgan fingerprint density at radius 3 is 2.61 bits per heavy atom. The van der Waals surface area contributed by atoms with E-state index in [1.807, 2.05) is 0 Å². The molecule has 0 spiro atoms. The van der Waals surface area contributed by atoms with Crippen molar-refractivity contribution in [3.63, 3.8) is 0 Å². The molecule has 0 radical (unpaired) electrons. The number of hydrogen-bond donors (Lipinski definition) is 2. The molecular formula is C18H17N5O5. The topological polar surface area (TPSA) is 143 Å². The fraction of sp³-hybridized carbons (Fsp3) is 0.167. The third-order valence-electron chi connectivity index (χ3n) is 3.47. The second-order valence-corrected chi connectivity index (χ2v) is 5.31. The van der Waals surface area contributed by atoms with Crippen molar-refractivity contribution in [2.45, 2.75) is 0 Å². The molecule has 0 aliphatic heterocycles. The van der Waals surface area contributed by atoms with Gasteiger partial charge >= 0.3 is 0 Å². The van der Waals surface area contributed by atoms with Crippen LogP contribution in [0, 0.1) is 0 Å². The number of rotatable bonds is 8. The fourth-order valence-corrected chi connectivity index (χ4v) is 2.27. The van der Waals surface area contributed by atoms with Crippen molar-refractivity contribution in [3.05, 3.63) is 48.5 Å². The van der Waals surface area contributed by atoms with E-state index in [0.29, 0.717) is 17.2 Å². The number of aliphatic hydroxyl groups is 1. The smallest absolute Gasteiger partial charge is 0.271 e. The summed E-state index contributed by atoms with van der Waals surface area (Å²) < 4.78 is 16.5. The Morgan fingerprint density at radius 1 is 1.18 bits per heavy atom. The summed E-state index contributed by atoms with van der Waals surface area (Å²) in [5.74, 6) is -0.239. The Bertz CT molecular complexity index is 968. The SMILES string of the molecule is COc1ccccc1Oc1c(OCCO)nc(-c2cnccn2)nc1C(N)=O. The lowest BCUT2D eigenvalue weighted by Gasteiger charge is -2.16. The standard InChI is InChI=1S/C18H17N5O5/c1-26-12-4-2-3-5-13(12)28-15-14(16(19)25)22-17(11-10-20-6-7-21-11)23-18(15)27-9-8-24/h2-7,10,24H,8-9H2,1H3,(H2,19,25). The Balaban J connectivity index is 2.14. The quantitative estimate of drug-likeness (QED) is 0.586. The minimum absolute atomic E-state index is 0.0715. The van der Waals surface area contributed by atoms with Gasteiger partial charge in [-0.05, 0) is 12.1 Å². The third kappa shape index (κ3) is 4.13. The maximum Gasteiger partial charge on any atom is 0.271 e. The fourth-order valence-electron chi connectivity index (χ4n) is 2.27. The molecule has 1 aromatic carbocycles. The van der Waals surface area contributed by atoms with Crippen LogP contribution in [0.15, 0.2) is 42.9 Å². The van der Waals surface area contributed by atoms with Gasteiger partial charge in [-0.15, -0.1) is 0 Å². The lowest BCUT2D eigenvalue weighted by Crippen LogP contribution is -2.17. The first kappa shape index (κ1) is 19.0. The van der Waals surface area contributed by atoms with Crippen molar-refractivity contribution in [2.75, 3.05) is 20.3 Å². The minimum Gasteiger partial charge on any atom is -0.493 e. The summed E-state index contributed by atoms with van der Waals surface area (Å²) in [5, 5.41) is 9.11. The molecule has 0 saturated heterocycles. The molecule has 0 unspecified atom stereocenters. The van der Waals surface area contributed by atoms with Crippen LogP contribution in [0.25, 0.3) is 11.5 Å². The minimum atomic E-state index is -0.855. The van der Waals surface area contributed by atoms with E-state index in [4.69, 9.17) is 25.1 Å². The summed E-state index contributed by atoms with van der Waals surface area (Å²) in [6.07, 6.45) is 4.37. The molecule has 0 atom stereocenters. The molecular weight excluding hydrogens is 366 g/mol. The third-order valence-corrected chi connectivity index (χ3v) is 3.47. The molecule has 0 fully saturated rings. The molecule has 0 aliphatic rings. The highest BCUT2D eigenvalue weighted by atomic mass is 16.5. The molecule has 10 heteroatoms. The van der Waals surface area contributed by atoms with Crippen molar-refractivity contribution in [1.29, 1.82) is 0 Å². The summed E-state index contributed by atoms with van der Waals surface area (Å²) in [5.41, 5.74) is 5.60. The Kier molecular flexibility index (Phi) is 5.92. The van der Waals surface area contributed by atoms with Gasteiger partial charge in [0.2, 0.25) is 5.75 Å². The van der Waals surface area contributed by atoms with Crippen molar-refractivity contribution in [3.8, 4) is 34.6 Å². The van der Waals surface area contributed by atoms with Crippen molar-refractivity contribution in [2.24, 2.45) is 5.73 Å². The van der Waals surface area contributed by atoms with Gasteiger partial charge in [-0.3, -0.25) is 9.78 Å². The predicted octanol–water partition coefficient (Wildman–Crippen LogP) is 1.20. The first-order chi connectivity index (χ1) is 13.6. The van der Waals surface area contributed by atoms with Crippen molar-refractivity contribution >= 4 is 5.91 Å². The number of aliphatic hydroxyl groups excluding tert-OH is 1. The van der Waals surface area contributed by atoms with Gasteiger partial charge in [-0.1, -0.05) is 12.1 Å². The van der Waals surface area contributed by atoms with Gasteiger partial charge in [0.1, 0.15) is 12.3 Å². The van der Waals surface area contributed by atoms with Crippen LogP contribution in [0.1, 0.15) is 10.5 Å². The van der Waals surface area contributed by atoms with E-state index in [1.165, 1.54) is 25.7 Å². The summed E-state index contributed by atoms with van der Waals surface area (Å²) in [6.45, 7) is -0.359. The highest BCUT2D eigenvalue weighted by Crippen LogP contribution is 2.38. The molecule has 3 rings (SSSR count). The predicted molar refractivity (Wildman–Crippen MR) is 97.2 cm³/mol. The molecule has 0 bridgehead atoms. The molecule has 3 N–H and O–H groups in total. The number of primary amides is 1. The van der Waals surface area contributed by atoms with Crippen LogP contribution in [0.5, 0.6) is 23.1 Å². The second-order valence-electron chi connectivity index (χ2n) is 5.31. The number of amides is 1. The number of nitrogens with two attached hydrogens (primary N) is 1. The molecule has 2 heterocycles. The normalized spacial score (nSPS) is 10.4. The van der Waals surface area contributed by atoms with E-state index in [1.54, 1.807) is 24.3 Å². The van der Waals surface area contributed by atoms with E-state index in [-0.39, 0.29) is 36.4 Å². The van der Waals surface area contributed by atoms with Gasteiger partial charge < -0.3 is 25.1 Å². The Hall–Kier alpha value is -3.79. The van der Waals surface area contributed by atoms with Gasteiger partial charge in [-0.2, -0.15) is 4.98 Å². The number of aromatic nitrogens is 4. The summed E-state index contributed by atoms with van der Waals surface area (Å²) in [4.78, 5) is 28.5. The maximum atomic E-state index is 12.1. The summed E-state index contributed by atoms with van der Waals surface area (Å²) in [6, 6.07) is 6.81. The molecule has 0 aliphatic carbocycles. The van der Waals surface area contributed by atoms with Crippen molar-refractivity contribution < 1.29 is 24.1 Å². The second kappa shape index (κ2) is 8.73. The zero-order chi connectivity index (χ0) is 19.9. The molecule has 144 valence electrons.